The van der Waals surface area contributed by atoms with Gasteiger partial charge in [-0.15, -0.1) is 0 Å². The Morgan fingerprint density at radius 1 is 1.67 bits per heavy atom. The molecule has 2 rings (SSSR count). The van der Waals surface area contributed by atoms with E-state index in [9.17, 15) is 0 Å². The molecule has 2 unspecified atom stereocenters. The fourth-order valence-corrected chi connectivity index (χ4v) is 2.29. The van der Waals surface area contributed by atoms with E-state index in [1.165, 1.54) is 0 Å². The summed E-state index contributed by atoms with van der Waals surface area (Å²) in [6.07, 6.45) is 0.780. The third-order valence-corrected chi connectivity index (χ3v) is 2.96. The monoisotopic (exact) mass is 146 g/mol. The first-order valence-electron chi connectivity index (χ1n) is 3.20. The fourth-order valence-electron chi connectivity index (χ4n) is 1.24. The van der Waals surface area contributed by atoms with Crippen molar-refractivity contribution in [1.82, 2.24) is 9.62 Å². The van der Waals surface area contributed by atoms with Gasteiger partial charge in [-0.25, -0.2) is 0 Å². The van der Waals surface area contributed by atoms with Crippen LogP contribution in [0.1, 0.15) is 6.42 Å². The molecule has 0 amide bonds. The molecule has 0 aromatic rings. The van der Waals surface area contributed by atoms with Gasteiger partial charge in [0.25, 0.3) is 0 Å². The van der Waals surface area contributed by atoms with Gasteiger partial charge in [-0.3, -0.25) is 9.62 Å². The lowest BCUT2D eigenvalue weighted by Gasteiger charge is -2.47. The van der Waals surface area contributed by atoms with Crippen LogP contribution in [0.3, 0.4) is 0 Å². The summed E-state index contributed by atoms with van der Waals surface area (Å²) >= 11 is 1.73. The van der Waals surface area contributed by atoms with E-state index in [1.54, 1.807) is 11.9 Å². The summed E-state index contributed by atoms with van der Waals surface area (Å²) in [7, 11) is 0. The highest BCUT2D eigenvalue weighted by molar-refractivity contribution is 7.98. The highest BCUT2D eigenvalue weighted by Crippen LogP contribution is 2.32. The number of nitrogens with zero attached hydrogens (tertiary/aromatic N) is 1. The van der Waals surface area contributed by atoms with Crippen LogP contribution in [0.25, 0.3) is 0 Å². The van der Waals surface area contributed by atoms with Gasteiger partial charge in [-0.2, -0.15) is 0 Å². The van der Waals surface area contributed by atoms with Crippen molar-refractivity contribution >= 4 is 11.9 Å². The second kappa shape index (κ2) is 2.12. The summed E-state index contributed by atoms with van der Waals surface area (Å²) in [5.74, 6) is 0. The Hall–Kier alpha value is 0.230. The zero-order chi connectivity index (χ0) is 6.27. The zero-order valence-electron chi connectivity index (χ0n) is 5.08. The van der Waals surface area contributed by atoms with Gasteiger partial charge in [0.05, 0.1) is 5.37 Å². The number of nitrogens with one attached hydrogen (secondary N) is 1. The van der Waals surface area contributed by atoms with Crippen LogP contribution in [0, 0.1) is 0 Å². The average molecular weight is 146 g/mol. The van der Waals surface area contributed by atoms with E-state index < -0.39 is 0 Å². The van der Waals surface area contributed by atoms with Crippen molar-refractivity contribution in [2.45, 2.75) is 18.0 Å². The van der Waals surface area contributed by atoms with E-state index in [-0.39, 0.29) is 6.23 Å². The third kappa shape index (κ3) is 0.864. The zero-order valence-corrected chi connectivity index (χ0v) is 5.90. The van der Waals surface area contributed by atoms with Gasteiger partial charge in [-0.1, -0.05) is 11.9 Å². The Morgan fingerprint density at radius 3 is 3.11 bits per heavy atom. The first-order chi connectivity index (χ1) is 4.38. The molecule has 2 saturated heterocycles. The number of aliphatic hydroxyl groups excluding tert-OH is 1. The molecule has 2 fully saturated rings. The van der Waals surface area contributed by atoms with Crippen molar-refractivity contribution in [3.63, 3.8) is 0 Å². The summed E-state index contributed by atoms with van der Waals surface area (Å²) in [5.41, 5.74) is 0. The van der Waals surface area contributed by atoms with Gasteiger partial charge < -0.3 is 5.11 Å². The summed E-state index contributed by atoms with van der Waals surface area (Å²) in [6.45, 7) is 2.00. The van der Waals surface area contributed by atoms with E-state index in [0.717, 1.165) is 19.5 Å². The predicted molar refractivity (Wildman–Crippen MR) is 36.7 cm³/mol. The minimum Gasteiger partial charge on any atom is -0.378 e. The fraction of sp³-hybridized carbons (Fsp3) is 1.00. The number of hydrogen-bond acceptors (Lipinski definition) is 4. The van der Waals surface area contributed by atoms with E-state index in [2.05, 4.69) is 9.62 Å². The maximum atomic E-state index is 9.13. The minimum atomic E-state index is -0.149. The number of aliphatic hydroxyl groups is 1. The molecule has 52 valence electrons. The van der Waals surface area contributed by atoms with Crippen molar-refractivity contribution in [2.75, 3.05) is 13.1 Å². The molecule has 0 aliphatic carbocycles. The molecule has 0 saturated carbocycles. The number of hydrogen-bond donors (Lipinski definition) is 2. The topological polar surface area (TPSA) is 35.5 Å². The molecular formula is C5H10N2OS. The van der Waals surface area contributed by atoms with Crippen molar-refractivity contribution in [3.05, 3.63) is 0 Å². The van der Waals surface area contributed by atoms with Gasteiger partial charge in [0.15, 0.2) is 0 Å². The van der Waals surface area contributed by atoms with Crippen molar-refractivity contribution in [1.29, 1.82) is 0 Å². The SMILES string of the molecule is OC1CC2SNCCN12. The summed E-state index contributed by atoms with van der Waals surface area (Å²) in [6, 6.07) is 0. The second-order valence-electron chi connectivity index (χ2n) is 2.42. The van der Waals surface area contributed by atoms with Crippen LogP contribution in [0.15, 0.2) is 0 Å². The van der Waals surface area contributed by atoms with Gasteiger partial charge in [0.1, 0.15) is 6.23 Å². The quantitative estimate of drug-likeness (QED) is 0.455. The lowest BCUT2D eigenvalue weighted by molar-refractivity contribution is -0.0891. The van der Waals surface area contributed by atoms with Gasteiger partial charge >= 0.3 is 0 Å². The van der Waals surface area contributed by atoms with Crippen LogP contribution in [0.4, 0.5) is 0 Å². The maximum absolute atomic E-state index is 9.13. The molecule has 0 radical (unpaired) electrons. The van der Waals surface area contributed by atoms with E-state index in [1.807, 2.05) is 0 Å². The lowest BCUT2D eigenvalue weighted by atomic mass is 10.2. The first-order valence-corrected chi connectivity index (χ1v) is 4.08. The summed E-state index contributed by atoms with van der Waals surface area (Å²) < 4.78 is 3.20. The van der Waals surface area contributed by atoms with E-state index in [0.29, 0.717) is 5.37 Å². The predicted octanol–water partition coefficient (Wildman–Crippen LogP) is -0.412. The van der Waals surface area contributed by atoms with Crippen LogP contribution in [-0.4, -0.2) is 34.7 Å². The van der Waals surface area contributed by atoms with Crippen LogP contribution in [-0.2, 0) is 0 Å². The lowest BCUT2D eigenvalue weighted by Crippen LogP contribution is -2.59. The molecule has 4 heteroatoms. The van der Waals surface area contributed by atoms with Crippen LogP contribution in [0.5, 0.6) is 0 Å². The number of rotatable bonds is 0. The molecular weight excluding hydrogens is 136 g/mol. The van der Waals surface area contributed by atoms with Crippen molar-refractivity contribution in [3.8, 4) is 0 Å². The van der Waals surface area contributed by atoms with Gasteiger partial charge in [0, 0.05) is 19.5 Å². The maximum Gasteiger partial charge on any atom is 0.110 e. The van der Waals surface area contributed by atoms with Gasteiger partial charge in [-0.05, 0) is 0 Å². The third-order valence-electron chi connectivity index (χ3n) is 1.86. The molecule has 0 aromatic heterocycles. The molecule has 2 N–H and O–H groups in total. The normalized spacial score (nSPS) is 43.7. The standard InChI is InChI=1S/C5H10N2OS/c8-4-3-5-7(4)2-1-6-9-5/h4-6,8H,1-3H2. The molecule has 2 atom stereocenters. The molecule has 9 heavy (non-hydrogen) atoms. The Balaban J connectivity index is 1.94. The Kier molecular flexibility index (Phi) is 1.41. The summed E-state index contributed by atoms with van der Waals surface area (Å²) in [4.78, 5) is 2.11. The van der Waals surface area contributed by atoms with Crippen molar-refractivity contribution < 1.29 is 5.11 Å². The largest absolute Gasteiger partial charge is 0.378 e. The molecule has 0 bridgehead atoms. The first kappa shape index (κ1) is 5.97. The summed E-state index contributed by atoms with van der Waals surface area (Å²) in [5, 5.41) is 9.68. The number of fused-ring (bicyclic) bond motifs is 1. The van der Waals surface area contributed by atoms with E-state index in [4.69, 9.17) is 5.11 Å². The van der Waals surface area contributed by atoms with Crippen LogP contribution in [0.2, 0.25) is 0 Å². The highest BCUT2D eigenvalue weighted by atomic mass is 32.2. The van der Waals surface area contributed by atoms with Crippen LogP contribution >= 0.6 is 11.9 Å². The smallest absolute Gasteiger partial charge is 0.110 e. The molecule has 0 aromatic carbocycles. The minimum absolute atomic E-state index is 0.149. The highest BCUT2D eigenvalue weighted by Gasteiger charge is 2.38. The molecule has 2 aliphatic rings. The molecule has 0 spiro atoms. The van der Waals surface area contributed by atoms with E-state index >= 15 is 0 Å². The Labute approximate surface area is 58.5 Å². The molecule has 3 nitrogen and oxygen atoms in total. The Bertz CT molecular complexity index is 120. The van der Waals surface area contributed by atoms with Gasteiger partial charge in [0.2, 0.25) is 0 Å². The van der Waals surface area contributed by atoms with Crippen LogP contribution < -0.4 is 4.72 Å². The molecule has 2 aliphatic heterocycles. The average Bonchev–Trinajstić information content (AvgIpc) is 1.86. The molecule has 2 heterocycles. The second-order valence-corrected chi connectivity index (χ2v) is 3.49. The Morgan fingerprint density at radius 2 is 2.56 bits per heavy atom. The van der Waals surface area contributed by atoms with Crippen molar-refractivity contribution in [2.24, 2.45) is 0 Å².